The Kier molecular flexibility index (Phi) is 6.12. The summed E-state index contributed by atoms with van der Waals surface area (Å²) in [5, 5.41) is 2.35. The number of hydrogen-bond acceptors (Lipinski definition) is 3. The van der Waals surface area contributed by atoms with E-state index in [1.54, 1.807) is 19.0 Å². The van der Waals surface area contributed by atoms with Crippen LogP contribution in [0.25, 0.3) is 21.8 Å². The predicted molar refractivity (Wildman–Crippen MR) is 90.5 cm³/mol. The van der Waals surface area contributed by atoms with Gasteiger partial charge in [0.15, 0.2) is 0 Å². The van der Waals surface area contributed by atoms with Crippen molar-refractivity contribution in [2.75, 3.05) is 26.5 Å². The second-order valence-electron chi connectivity index (χ2n) is 5.95. The first-order chi connectivity index (χ1) is 10.5. The van der Waals surface area contributed by atoms with Crippen molar-refractivity contribution in [2.45, 2.75) is 6.54 Å². The van der Waals surface area contributed by atoms with E-state index >= 15 is 0 Å². The molecule has 0 bridgehead atoms. The quantitative estimate of drug-likeness (QED) is 0.484. The topological polar surface area (TPSA) is 48.3 Å². The van der Waals surface area contributed by atoms with Crippen molar-refractivity contribution < 1.29 is 39.0 Å². The molecule has 3 aromatic rings. The number of hydrogen-bond donors (Lipinski definition) is 0. The van der Waals surface area contributed by atoms with E-state index in [0.29, 0.717) is 6.54 Å². The molecule has 0 N–H and O–H groups in total. The van der Waals surface area contributed by atoms with Gasteiger partial charge in [0, 0.05) is 48.2 Å². The number of aryl methyl sites for hydroxylation is 1. The Bertz CT molecular complexity index is 807. The molecule has 1 heterocycles. The molecule has 23 heavy (non-hydrogen) atoms. The van der Waals surface area contributed by atoms with Crippen LogP contribution in [0.2, 0.25) is 0 Å². The molecule has 0 amide bonds. The molecule has 1 atom stereocenters. The van der Waals surface area contributed by atoms with Crippen LogP contribution in [0.15, 0.2) is 48.5 Å². The number of fused-ring (bicyclic) bond motifs is 3. The van der Waals surface area contributed by atoms with Gasteiger partial charge in [-0.25, -0.2) is 0 Å². The third-order valence-electron chi connectivity index (χ3n) is 3.84. The Morgan fingerprint density at radius 3 is 1.96 bits per heavy atom. The van der Waals surface area contributed by atoms with Gasteiger partial charge >= 0.3 is 29.6 Å². The maximum Gasteiger partial charge on any atom is 1.00 e. The zero-order valence-electron chi connectivity index (χ0n) is 13.9. The zero-order chi connectivity index (χ0) is 15.7. The molecular weight excluding hydrogens is 318 g/mol. The second-order valence-corrected chi connectivity index (χ2v) is 8.30. The van der Waals surface area contributed by atoms with Crippen molar-refractivity contribution in [2.24, 2.45) is 0 Å². The van der Waals surface area contributed by atoms with Crippen LogP contribution in [-0.4, -0.2) is 36.0 Å². The number of para-hydroxylation sites is 2. The Morgan fingerprint density at radius 2 is 1.48 bits per heavy atom. The first-order valence-corrected chi connectivity index (χ1v) is 9.37. The van der Waals surface area contributed by atoms with Crippen LogP contribution in [0.4, 0.5) is 0 Å². The third-order valence-corrected chi connectivity index (χ3v) is 5.72. The van der Waals surface area contributed by atoms with E-state index in [4.69, 9.17) is 0 Å². The fourth-order valence-corrected chi connectivity index (χ4v) is 4.51. The molecule has 116 valence electrons. The standard InChI is InChI=1S/C17H21N2O2P.Na/c1-18(2)13-22(20,21)12-11-19-16-9-5-3-7-14(16)15-8-4-6-10-17(15)19;/h3-10H,11-13H2,1-2H3,(H,20,21);/q;+1/p-1. The van der Waals surface area contributed by atoms with Gasteiger partial charge < -0.3 is 18.9 Å². The average Bonchev–Trinajstić information content (AvgIpc) is 2.78. The molecule has 4 nitrogen and oxygen atoms in total. The first-order valence-electron chi connectivity index (χ1n) is 7.38. The summed E-state index contributed by atoms with van der Waals surface area (Å²) in [4.78, 5) is 13.9. The molecule has 0 aliphatic carbocycles. The molecule has 0 saturated heterocycles. The Hall–Kier alpha value is -0.610. The summed E-state index contributed by atoms with van der Waals surface area (Å²) in [6.45, 7) is 0.489. The number of rotatable bonds is 5. The van der Waals surface area contributed by atoms with Crippen LogP contribution >= 0.6 is 7.37 Å². The van der Waals surface area contributed by atoms with Gasteiger partial charge in [-0.15, -0.1) is 0 Å². The smallest absolute Gasteiger partial charge is 0.798 e. The minimum absolute atomic E-state index is 0. The van der Waals surface area contributed by atoms with Crippen LogP contribution in [-0.2, 0) is 11.1 Å². The molecular formula is C17H20N2NaO2P. The largest absolute Gasteiger partial charge is 1.00 e. The van der Waals surface area contributed by atoms with E-state index in [1.807, 2.05) is 24.3 Å². The Morgan fingerprint density at radius 1 is 1.00 bits per heavy atom. The molecule has 3 rings (SSSR count). The third kappa shape index (κ3) is 4.08. The molecule has 2 aromatic carbocycles. The van der Waals surface area contributed by atoms with Crippen LogP contribution in [0.5, 0.6) is 0 Å². The van der Waals surface area contributed by atoms with E-state index in [-0.39, 0.29) is 42.0 Å². The van der Waals surface area contributed by atoms with Gasteiger partial charge in [-0.05, 0) is 26.2 Å². The molecule has 0 aliphatic rings. The molecule has 1 aromatic heterocycles. The average molecular weight is 338 g/mol. The molecule has 0 aliphatic heterocycles. The monoisotopic (exact) mass is 338 g/mol. The summed E-state index contributed by atoms with van der Waals surface area (Å²) in [7, 11) is 0.175. The maximum atomic E-state index is 12.2. The van der Waals surface area contributed by atoms with Crippen LogP contribution in [0, 0.1) is 0 Å². The summed E-state index contributed by atoms with van der Waals surface area (Å²) >= 11 is 0. The molecule has 0 radical (unpaired) electrons. The SMILES string of the molecule is CN(C)CP(=O)([O-])CCn1c2ccccc2c2ccccc21.[Na+]. The van der Waals surface area contributed by atoms with Crippen LogP contribution in [0.1, 0.15) is 0 Å². The maximum absolute atomic E-state index is 12.2. The van der Waals surface area contributed by atoms with Gasteiger partial charge in [-0.3, -0.25) is 0 Å². The van der Waals surface area contributed by atoms with Crippen molar-refractivity contribution in [3.05, 3.63) is 48.5 Å². The van der Waals surface area contributed by atoms with Crippen molar-refractivity contribution in [1.82, 2.24) is 9.47 Å². The number of nitrogens with zero attached hydrogens (tertiary/aromatic N) is 2. The van der Waals surface area contributed by atoms with Gasteiger partial charge in [0.2, 0.25) is 0 Å². The van der Waals surface area contributed by atoms with E-state index < -0.39 is 7.37 Å². The van der Waals surface area contributed by atoms with Crippen molar-refractivity contribution in [3.8, 4) is 0 Å². The van der Waals surface area contributed by atoms with E-state index in [2.05, 4.69) is 28.8 Å². The summed E-state index contributed by atoms with van der Waals surface area (Å²) in [5.41, 5.74) is 2.18. The first kappa shape index (κ1) is 18.7. The molecule has 0 saturated carbocycles. The summed E-state index contributed by atoms with van der Waals surface area (Å²) in [6.07, 6.45) is 0.290. The number of aromatic nitrogens is 1. The van der Waals surface area contributed by atoms with Crippen molar-refractivity contribution in [1.29, 1.82) is 0 Å². The van der Waals surface area contributed by atoms with Gasteiger partial charge in [-0.2, -0.15) is 0 Å². The van der Waals surface area contributed by atoms with Gasteiger partial charge in [-0.1, -0.05) is 36.4 Å². The van der Waals surface area contributed by atoms with Crippen molar-refractivity contribution >= 4 is 29.2 Å². The zero-order valence-corrected chi connectivity index (χ0v) is 16.8. The number of benzene rings is 2. The van der Waals surface area contributed by atoms with E-state index in [9.17, 15) is 9.46 Å². The van der Waals surface area contributed by atoms with Gasteiger partial charge in [0.25, 0.3) is 0 Å². The minimum Gasteiger partial charge on any atom is -0.798 e. The van der Waals surface area contributed by atoms with Gasteiger partial charge in [0.05, 0.1) is 0 Å². The van der Waals surface area contributed by atoms with Crippen LogP contribution < -0.4 is 34.5 Å². The fraction of sp³-hybridized carbons (Fsp3) is 0.294. The molecule has 1 unspecified atom stereocenters. The van der Waals surface area contributed by atoms with Crippen LogP contribution in [0.3, 0.4) is 0 Å². The molecule has 0 spiro atoms. The van der Waals surface area contributed by atoms with E-state index in [0.717, 1.165) is 11.0 Å². The second kappa shape index (κ2) is 7.52. The predicted octanol–water partition coefficient (Wildman–Crippen LogP) is -0.0440. The Labute approximate surface area is 158 Å². The van der Waals surface area contributed by atoms with Gasteiger partial charge in [0.1, 0.15) is 0 Å². The molecule has 0 fully saturated rings. The normalized spacial score (nSPS) is 14.1. The minimum atomic E-state index is -3.39. The van der Waals surface area contributed by atoms with E-state index in [1.165, 1.54) is 10.8 Å². The Balaban J connectivity index is 0.00000192. The summed E-state index contributed by atoms with van der Waals surface area (Å²) < 4.78 is 14.3. The molecule has 6 heteroatoms. The summed E-state index contributed by atoms with van der Waals surface area (Å²) in [5.74, 6) is 0. The summed E-state index contributed by atoms with van der Waals surface area (Å²) in [6, 6.07) is 16.3. The van der Waals surface area contributed by atoms with Crippen molar-refractivity contribution in [3.63, 3.8) is 0 Å². The fourth-order valence-electron chi connectivity index (χ4n) is 3.00.